The van der Waals surface area contributed by atoms with Crippen LogP contribution in [0.5, 0.6) is 0 Å². The molecule has 1 unspecified atom stereocenters. The van der Waals surface area contributed by atoms with Crippen LogP contribution in [-0.4, -0.2) is 18.2 Å². The standard InChI is InChI=1S/C10H21Cl3OSi/c1-8(7-10(11,12)13)14-15(5,6)9(2,3)4/h8H,7H2,1-6H3. The van der Waals surface area contributed by atoms with Gasteiger partial charge in [0.15, 0.2) is 12.1 Å². The molecule has 0 aromatic heterocycles. The number of rotatable bonds is 3. The van der Waals surface area contributed by atoms with Gasteiger partial charge >= 0.3 is 0 Å². The highest BCUT2D eigenvalue weighted by atomic mass is 35.6. The Kier molecular flexibility index (Phi) is 5.49. The van der Waals surface area contributed by atoms with Gasteiger partial charge in [0.25, 0.3) is 0 Å². The first kappa shape index (κ1) is 16.0. The summed E-state index contributed by atoms with van der Waals surface area (Å²) in [5.41, 5.74) is 0. The third-order valence-electron chi connectivity index (χ3n) is 2.82. The van der Waals surface area contributed by atoms with Crippen molar-refractivity contribution in [2.24, 2.45) is 0 Å². The molecule has 0 N–H and O–H groups in total. The SMILES string of the molecule is CC(CC(Cl)(Cl)Cl)O[Si](C)(C)C(C)(C)C. The Morgan fingerprint density at radius 2 is 1.53 bits per heavy atom. The second-order valence-electron chi connectivity index (χ2n) is 5.51. The van der Waals surface area contributed by atoms with Gasteiger partial charge in [-0.25, -0.2) is 0 Å². The van der Waals surface area contributed by atoms with E-state index < -0.39 is 12.1 Å². The molecule has 0 fully saturated rings. The lowest BCUT2D eigenvalue weighted by Gasteiger charge is -2.39. The van der Waals surface area contributed by atoms with E-state index in [-0.39, 0.29) is 11.1 Å². The van der Waals surface area contributed by atoms with Crippen molar-refractivity contribution in [1.29, 1.82) is 0 Å². The number of alkyl halides is 3. The van der Waals surface area contributed by atoms with E-state index in [2.05, 4.69) is 33.9 Å². The minimum atomic E-state index is -1.74. The van der Waals surface area contributed by atoms with Gasteiger partial charge in [-0.1, -0.05) is 55.6 Å². The number of hydrogen-bond donors (Lipinski definition) is 0. The van der Waals surface area contributed by atoms with E-state index in [0.29, 0.717) is 6.42 Å². The third kappa shape index (κ3) is 6.37. The summed E-state index contributed by atoms with van der Waals surface area (Å²) < 4.78 is 4.84. The molecule has 0 spiro atoms. The molecule has 0 radical (unpaired) electrons. The molecule has 92 valence electrons. The van der Waals surface area contributed by atoms with Gasteiger partial charge in [-0.2, -0.15) is 0 Å². The van der Waals surface area contributed by atoms with Crippen LogP contribution in [0.2, 0.25) is 18.1 Å². The first-order valence-corrected chi connectivity index (χ1v) is 9.14. The van der Waals surface area contributed by atoms with Crippen LogP contribution in [0.3, 0.4) is 0 Å². The smallest absolute Gasteiger partial charge is 0.193 e. The van der Waals surface area contributed by atoms with E-state index in [0.717, 1.165) is 0 Å². The fraction of sp³-hybridized carbons (Fsp3) is 1.00. The van der Waals surface area contributed by atoms with Crippen molar-refractivity contribution in [3.05, 3.63) is 0 Å². The first-order valence-electron chi connectivity index (χ1n) is 5.10. The van der Waals surface area contributed by atoms with Crippen molar-refractivity contribution in [3.63, 3.8) is 0 Å². The summed E-state index contributed by atoms with van der Waals surface area (Å²) in [6.45, 7) is 12.9. The second kappa shape index (κ2) is 5.13. The van der Waals surface area contributed by atoms with Gasteiger partial charge in [0.2, 0.25) is 0 Å². The fourth-order valence-electron chi connectivity index (χ4n) is 1.05. The lowest BCUT2D eigenvalue weighted by molar-refractivity contribution is 0.191. The van der Waals surface area contributed by atoms with Gasteiger partial charge in [-0.3, -0.25) is 0 Å². The average molecular weight is 292 g/mol. The van der Waals surface area contributed by atoms with E-state index in [4.69, 9.17) is 39.2 Å². The van der Waals surface area contributed by atoms with Gasteiger partial charge < -0.3 is 4.43 Å². The molecule has 0 saturated heterocycles. The van der Waals surface area contributed by atoms with Crippen LogP contribution >= 0.6 is 34.8 Å². The fourth-order valence-corrected chi connectivity index (χ4v) is 3.14. The van der Waals surface area contributed by atoms with E-state index in [1.54, 1.807) is 0 Å². The minimum Gasteiger partial charge on any atom is -0.414 e. The van der Waals surface area contributed by atoms with E-state index in [1.807, 2.05) is 6.92 Å². The maximum absolute atomic E-state index is 6.06. The average Bonchev–Trinajstić information content (AvgIpc) is 1.75. The summed E-state index contributed by atoms with van der Waals surface area (Å²) in [6.07, 6.45) is 0.419. The predicted octanol–water partition coefficient (Wildman–Crippen LogP) is 5.16. The Balaban J connectivity index is 4.36. The molecule has 0 aromatic carbocycles. The lowest BCUT2D eigenvalue weighted by atomic mass is 10.2. The monoisotopic (exact) mass is 290 g/mol. The molecular formula is C10H21Cl3OSi. The van der Waals surface area contributed by atoms with Gasteiger partial charge in [0.1, 0.15) is 0 Å². The van der Waals surface area contributed by atoms with Crippen molar-refractivity contribution >= 4 is 43.1 Å². The number of hydrogen-bond acceptors (Lipinski definition) is 1. The maximum Gasteiger partial charge on any atom is 0.193 e. The van der Waals surface area contributed by atoms with Crippen molar-refractivity contribution in [3.8, 4) is 0 Å². The zero-order valence-electron chi connectivity index (χ0n) is 10.3. The van der Waals surface area contributed by atoms with Crippen LogP contribution in [0.25, 0.3) is 0 Å². The molecule has 0 aliphatic rings. The molecule has 15 heavy (non-hydrogen) atoms. The molecular weight excluding hydrogens is 271 g/mol. The molecule has 0 aliphatic heterocycles. The zero-order chi connectivity index (χ0) is 12.5. The summed E-state index contributed by atoms with van der Waals surface area (Å²) in [6, 6.07) is 0. The minimum absolute atomic E-state index is 0.0154. The summed E-state index contributed by atoms with van der Waals surface area (Å²) in [5, 5.41) is 0.189. The molecule has 1 atom stereocenters. The Morgan fingerprint density at radius 3 is 1.80 bits per heavy atom. The zero-order valence-corrected chi connectivity index (χ0v) is 13.6. The molecule has 0 rings (SSSR count). The van der Waals surface area contributed by atoms with Gasteiger partial charge in [-0.15, -0.1) is 0 Å². The van der Waals surface area contributed by atoms with E-state index in [1.165, 1.54) is 0 Å². The second-order valence-corrected chi connectivity index (χ2v) is 12.8. The highest BCUT2D eigenvalue weighted by Crippen LogP contribution is 2.39. The summed E-state index contributed by atoms with van der Waals surface area (Å²) >= 11 is 17.2. The molecule has 5 heteroatoms. The van der Waals surface area contributed by atoms with E-state index in [9.17, 15) is 0 Å². The highest BCUT2D eigenvalue weighted by molar-refractivity contribution is 6.74. The van der Waals surface area contributed by atoms with Crippen LogP contribution in [0.1, 0.15) is 34.1 Å². The summed E-state index contributed by atoms with van der Waals surface area (Å²) in [7, 11) is -1.74. The van der Waals surface area contributed by atoms with Crippen LogP contribution in [0.15, 0.2) is 0 Å². The Bertz CT molecular complexity index is 206. The van der Waals surface area contributed by atoms with Gasteiger partial charge in [0, 0.05) is 12.5 Å². The normalized spacial score (nSPS) is 16.6. The number of halogens is 3. The third-order valence-corrected chi connectivity index (χ3v) is 7.89. The van der Waals surface area contributed by atoms with Crippen LogP contribution in [0.4, 0.5) is 0 Å². The summed E-state index contributed by atoms with van der Waals surface area (Å²) in [4.78, 5) is 0. The van der Waals surface area contributed by atoms with Crippen molar-refractivity contribution in [2.75, 3.05) is 0 Å². The first-order chi connectivity index (χ1) is 6.35. The molecule has 0 saturated carbocycles. The van der Waals surface area contributed by atoms with Gasteiger partial charge in [0.05, 0.1) is 0 Å². The molecule has 0 bridgehead atoms. The molecule has 0 aromatic rings. The maximum atomic E-state index is 6.06. The Morgan fingerprint density at radius 1 is 1.13 bits per heavy atom. The predicted molar refractivity (Wildman–Crippen MR) is 72.7 cm³/mol. The molecule has 0 heterocycles. The van der Waals surface area contributed by atoms with Crippen LogP contribution < -0.4 is 0 Å². The largest absolute Gasteiger partial charge is 0.414 e. The van der Waals surface area contributed by atoms with E-state index >= 15 is 0 Å². The highest BCUT2D eigenvalue weighted by Gasteiger charge is 2.39. The van der Waals surface area contributed by atoms with Crippen molar-refractivity contribution < 1.29 is 4.43 Å². The Labute approximate surface area is 110 Å². The lowest BCUT2D eigenvalue weighted by Crippen LogP contribution is -2.43. The quantitative estimate of drug-likeness (QED) is 0.516. The topological polar surface area (TPSA) is 9.23 Å². The Hall–Kier alpha value is 1.05. The van der Waals surface area contributed by atoms with Crippen molar-refractivity contribution in [2.45, 2.75) is 62.1 Å². The van der Waals surface area contributed by atoms with Crippen molar-refractivity contribution in [1.82, 2.24) is 0 Å². The molecule has 1 nitrogen and oxygen atoms in total. The van der Waals surface area contributed by atoms with Crippen LogP contribution in [0, 0.1) is 0 Å². The molecule has 0 aliphatic carbocycles. The summed E-state index contributed by atoms with van der Waals surface area (Å²) in [5.74, 6) is 0. The molecule has 0 amide bonds. The van der Waals surface area contributed by atoms with Crippen LogP contribution in [-0.2, 0) is 4.43 Å². The van der Waals surface area contributed by atoms with Gasteiger partial charge in [-0.05, 0) is 25.1 Å².